The third kappa shape index (κ3) is 4.51. The summed E-state index contributed by atoms with van der Waals surface area (Å²) < 4.78 is 12.4. The second kappa shape index (κ2) is 9.47. The number of amides is 1. The number of thioether (sulfide) groups is 1. The SMILES string of the molecule is COc1ccc(-c2csc(NC(=O)CSc3nc4ccccc4c(=O)n3C3CC3)n2)c(OC)c1. The van der Waals surface area contributed by atoms with Crippen molar-refractivity contribution in [3.05, 3.63) is 58.2 Å². The Morgan fingerprint density at radius 3 is 2.76 bits per heavy atom. The molecule has 5 rings (SSSR count). The first kappa shape index (κ1) is 22.4. The minimum Gasteiger partial charge on any atom is -0.497 e. The molecular weight excluding hydrogens is 472 g/mol. The third-order valence-corrected chi connectivity index (χ3v) is 7.17. The zero-order valence-electron chi connectivity index (χ0n) is 18.6. The summed E-state index contributed by atoms with van der Waals surface area (Å²) in [6.07, 6.45) is 1.91. The number of hydrogen-bond donors (Lipinski definition) is 1. The Kier molecular flexibility index (Phi) is 6.25. The molecule has 1 saturated carbocycles. The molecule has 1 aliphatic carbocycles. The number of nitrogens with one attached hydrogen (secondary N) is 1. The Balaban J connectivity index is 1.30. The lowest BCUT2D eigenvalue weighted by molar-refractivity contribution is -0.113. The van der Waals surface area contributed by atoms with E-state index in [1.807, 2.05) is 35.7 Å². The lowest BCUT2D eigenvalue weighted by Crippen LogP contribution is -2.23. The maximum absolute atomic E-state index is 13.0. The molecule has 0 unspecified atom stereocenters. The van der Waals surface area contributed by atoms with E-state index in [4.69, 9.17) is 9.47 Å². The smallest absolute Gasteiger partial charge is 0.262 e. The maximum Gasteiger partial charge on any atom is 0.262 e. The van der Waals surface area contributed by atoms with Gasteiger partial charge in [0, 0.05) is 23.1 Å². The fourth-order valence-electron chi connectivity index (χ4n) is 3.63. The first-order valence-corrected chi connectivity index (χ1v) is 12.6. The molecule has 10 heteroatoms. The number of benzene rings is 2. The lowest BCUT2D eigenvalue weighted by Gasteiger charge is -2.12. The molecule has 0 aliphatic heterocycles. The highest BCUT2D eigenvalue weighted by Crippen LogP contribution is 2.37. The summed E-state index contributed by atoms with van der Waals surface area (Å²) in [6, 6.07) is 13.0. The number of ether oxygens (including phenoxy) is 2. The molecule has 4 aromatic rings. The van der Waals surface area contributed by atoms with Gasteiger partial charge < -0.3 is 14.8 Å². The van der Waals surface area contributed by atoms with Crippen molar-refractivity contribution in [3.63, 3.8) is 0 Å². The van der Waals surface area contributed by atoms with Gasteiger partial charge in [-0.05, 0) is 37.1 Å². The number of anilines is 1. The molecule has 34 heavy (non-hydrogen) atoms. The molecule has 1 fully saturated rings. The number of nitrogens with zero attached hydrogens (tertiary/aromatic N) is 3. The van der Waals surface area contributed by atoms with Gasteiger partial charge in [0.1, 0.15) is 11.5 Å². The normalized spacial score (nSPS) is 13.1. The van der Waals surface area contributed by atoms with Crippen LogP contribution in [-0.2, 0) is 4.79 Å². The Hall–Kier alpha value is -3.37. The second-order valence-corrected chi connectivity index (χ2v) is 9.56. The number of rotatable bonds is 8. The molecule has 2 heterocycles. The zero-order valence-corrected chi connectivity index (χ0v) is 20.2. The number of carbonyl (C=O) groups is 1. The lowest BCUT2D eigenvalue weighted by atomic mass is 10.1. The van der Waals surface area contributed by atoms with Crippen LogP contribution in [0.1, 0.15) is 18.9 Å². The van der Waals surface area contributed by atoms with Gasteiger partial charge in [0.15, 0.2) is 10.3 Å². The molecule has 0 atom stereocenters. The van der Waals surface area contributed by atoms with Gasteiger partial charge >= 0.3 is 0 Å². The summed E-state index contributed by atoms with van der Waals surface area (Å²) in [5, 5.41) is 6.38. The molecule has 1 amide bonds. The highest BCUT2D eigenvalue weighted by atomic mass is 32.2. The minimum absolute atomic E-state index is 0.0472. The number of para-hydroxylation sites is 1. The van der Waals surface area contributed by atoms with E-state index in [2.05, 4.69) is 15.3 Å². The van der Waals surface area contributed by atoms with E-state index in [0.29, 0.717) is 38.4 Å². The Bertz CT molecular complexity index is 1430. The van der Waals surface area contributed by atoms with Gasteiger partial charge in [-0.2, -0.15) is 0 Å². The molecule has 1 aliphatic rings. The number of fused-ring (bicyclic) bond motifs is 1. The molecule has 0 radical (unpaired) electrons. The highest BCUT2D eigenvalue weighted by Gasteiger charge is 2.28. The Morgan fingerprint density at radius 2 is 2.00 bits per heavy atom. The van der Waals surface area contributed by atoms with E-state index < -0.39 is 0 Å². The number of methoxy groups -OCH3 is 2. The molecular formula is C24H22N4O4S2. The van der Waals surface area contributed by atoms with Crippen molar-refractivity contribution in [2.75, 3.05) is 25.3 Å². The van der Waals surface area contributed by atoms with Crippen molar-refractivity contribution in [3.8, 4) is 22.8 Å². The van der Waals surface area contributed by atoms with Crippen LogP contribution in [0, 0.1) is 0 Å². The van der Waals surface area contributed by atoms with Gasteiger partial charge in [-0.1, -0.05) is 23.9 Å². The highest BCUT2D eigenvalue weighted by molar-refractivity contribution is 7.99. The van der Waals surface area contributed by atoms with Gasteiger partial charge in [-0.25, -0.2) is 9.97 Å². The summed E-state index contributed by atoms with van der Waals surface area (Å²) in [7, 11) is 3.19. The number of carbonyl (C=O) groups excluding carboxylic acids is 1. The Labute approximate surface area is 204 Å². The van der Waals surface area contributed by atoms with E-state index in [1.165, 1.54) is 23.1 Å². The largest absolute Gasteiger partial charge is 0.497 e. The van der Waals surface area contributed by atoms with E-state index in [1.54, 1.807) is 30.9 Å². The predicted molar refractivity (Wildman–Crippen MR) is 134 cm³/mol. The van der Waals surface area contributed by atoms with Crippen molar-refractivity contribution >= 4 is 45.0 Å². The van der Waals surface area contributed by atoms with Crippen LogP contribution in [0.2, 0.25) is 0 Å². The van der Waals surface area contributed by atoms with Crippen molar-refractivity contribution < 1.29 is 14.3 Å². The van der Waals surface area contributed by atoms with Gasteiger partial charge in [-0.15, -0.1) is 11.3 Å². The van der Waals surface area contributed by atoms with E-state index >= 15 is 0 Å². The number of hydrogen-bond acceptors (Lipinski definition) is 8. The molecule has 0 bridgehead atoms. The van der Waals surface area contributed by atoms with E-state index in [-0.39, 0.29) is 23.3 Å². The maximum atomic E-state index is 13.0. The van der Waals surface area contributed by atoms with E-state index in [9.17, 15) is 9.59 Å². The molecule has 8 nitrogen and oxygen atoms in total. The first-order valence-electron chi connectivity index (χ1n) is 10.7. The van der Waals surface area contributed by atoms with Crippen molar-refractivity contribution in [2.45, 2.75) is 24.0 Å². The van der Waals surface area contributed by atoms with Crippen LogP contribution in [0.25, 0.3) is 22.2 Å². The van der Waals surface area contributed by atoms with Crippen LogP contribution in [-0.4, -0.2) is 40.4 Å². The Morgan fingerprint density at radius 1 is 1.18 bits per heavy atom. The van der Waals surface area contributed by atoms with Gasteiger partial charge in [0.25, 0.3) is 5.56 Å². The topological polar surface area (TPSA) is 95.3 Å². The minimum atomic E-state index is -0.211. The first-order chi connectivity index (χ1) is 16.6. The van der Waals surface area contributed by atoms with E-state index in [0.717, 1.165) is 18.4 Å². The fourth-order valence-corrected chi connectivity index (χ4v) is 5.23. The zero-order chi connectivity index (χ0) is 23.7. The van der Waals surface area contributed by atoms with Crippen molar-refractivity contribution in [1.82, 2.24) is 14.5 Å². The van der Waals surface area contributed by atoms with Crippen molar-refractivity contribution in [2.24, 2.45) is 0 Å². The standard InChI is InChI=1S/C24H22N4O4S2/c1-31-15-9-10-16(20(11-15)32-2)19-12-33-23(25-19)27-21(29)13-34-24-26-18-6-4-3-5-17(18)22(30)28(24)14-7-8-14/h3-6,9-12,14H,7-8,13H2,1-2H3,(H,25,27,29). The van der Waals surface area contributed by atoms with Crippen LogP contribution in [0.15, 0.2) is 57.8 Å². The quantitative estimate of drug-likeness (QED) is 0.282. The summed E-state index contributed by atoms with van der Waals surface area (Å²) in [5.74, 6) is 1.24. The van der Waals surface area contributed by atoms with Gasteiger partial charge in [0.2, 0.25) is 5.91 Å². The predicted octanol–water partition coefficient (Wildman–Crippen LogP) is 4.60. The van der Waals surface area contributed by atoms with Crippen LogP contribution in [0.5, 0.6) is 11.5 Å². The van der Waals surface area contributed by atoms with Gasteiger partial charge in [0.05, 0.1) is 36.6 Å². The van der Waals surface area contributed by atoms with Crippen LogP contribution in [0.4, 0.5) is 5.13 Å². The molecule has 174 valence electrons. The van der Waals surface area contributed by atoms with Crippen LogP contribution < -0.4 is 20.3 Å². The third-order valence-electron chi connectivity index (χ3n) is 5.46. The summed E-state index contributed by atoms with van der Waals surface area (Å²) in [6.45, 7) is 0. The number of aromatic nitrogens is 3. The average molecular weight is 495 g/mol. The molecule has 0 saturated heterocycles. The molecule has 1 N–H and O–H groups in total. The van der Waals surface area contributed by atoms with Gasteiger partial charge in [-0.3, -0.25) is 14.2 Å². The summed E-state index contributed by atoms with van der Waals surface area (Å²) in [4.78, 5) is 34.8. The fraction of sp³-hybridized carbons (Fsp3) is 0.250. The second-order valence-electron chi connectivity index (χ2n) is 7.76. The average Bonchev–Trinajstić information content (AvgIpc) is 3.59. The summed E-state index contributed by atoms with van der Waals surface area (Å²) >= 11 is 2.60. The monoisotopic (exact) mass is 494 g/mol. The van der Waals surface area contributed by atoms with Crippen LogP contribution in [0.3, 0.4) is 0 Å². The van der Waals surface area contributed by atoms with Crippen LogP contribution >= 0.6 is 23.1 Å². The molecule has 2 aromatic carbocycles. The number of thiazole rings is 1. The molecule has 2 aromatic heterocycles. The van der Waals surface area contributed by atoms with Crippen molar-refractivity contribution in [1.29, 1.82) is 0 Å². The molecule has 0 spiro atoms. The summed E-state index contributed by atoms with van der Waals surface area (Å²) in [5.41, 5.74) is 2.11.